The number of alkyl halides is 3. The Morgan fingerprint density at radius 1 is 1.00 bits per heavy atom. The number of nitrogens with zero attached hydrogens (tertiary/aromatic N) is 1. The van der Waals surface area contributed by atoms with E-state index in [0.29, 0.717) is 6.54 Å². The molecule has 2 aromatic rings. The smallest absolute Gasteiger partial charge is 0.347 e. The number of carbonyl (C=O) groups excluding carboxylic acids is 1. The lowest BCUT2D eigenvalue weighted by atomic mass is 10.2. The van der Waals surface area contributed by atoms with Crippen molar-refractivity contribution in [2.24, 2.45) is 0 Å². The summed E-state index contributed by atoms with van der Waals surface area (Å²) in [5, 5.41) is 1.91. The van der Waals surface area contributed by atoms with Gasteiger partial charge in [0, 0.05) is 22.8 Å². The monoisotopic (exact) mass is 352 g/mol. The maximum absolute atomic E-state index is 12.2. The summed E-state index contributed by atoms with van der Waals surface area (Å²) in [4.78, 5) is 15.8. The Hall–Kier alpha value is -2.15. The summed E-state index contributed by atoms with van der Waals surface area (Å²) in [5.41, 5.74) is 1.93. The number of amides is 1. The number of benzene rings is 2. The van der Waals surface area contributed by atoms with Crippen molar-refractivity contribution in [1.82, 2.24) is 5.32 Å². The first kappa shape index (κ1) is 16.7. The molecule has 0 unspecified atom stereocenters. The molecule has 7 heteroatoms. The lowest BCUT2D eigenvalue weighted by Gasteiger charge is -2.32. The van der Waals surface area contributed by atoms with Gasteiger partial charge < -0.3 is 10.2 Å². The van der Waals surface area contributed by atoms with Gasteiger partial charge in [-0.2, -0.15) is 13.2 Å². The molecule has 1 N–H and O–H groups in total. The summed E-state index contributed by atoms with van der Waals surface area (Å²) >= 11 is 1.64. The second-order valence-corrected chi connectivity index (χ2v) is 6.41. The molecule has 0 saturated carbocycles. The molecule has 0 saturated heterocycles. The zero-order valence-corrected chi connectivity index (χ0v) is 13.5. The summed E-state index contributed by atoms with van der Waals surface area (Å²) in [7, 11) is 0. The number of hydrogen-bond acceptors (Lipinski definition) is 3. The van der Waals surface area contributed by atoms with E-state index in [-0.39, 0.29) is 6.42 Å². The molecular formula is C17H15F3N2OS. The van der Waals surface area contributed by atoms with Crippen molar-refractivity contribution in [2.45, 2.75) is 22.4 Å². The predicted molar refractivity (Wildman–Crippen MR) is 87.7 cm³/mol. The molecule has 1 amide bonds. The van der Waals surface area contributed by atoms with E-state index in [0.717, 1.165) is 21.2 Å². The van der Waals surface area contributed by atoms with E-state index in [9.17, 15) is 18.0 Å². The van der Waals surface area contributed by atoms with Crippen molar-refractivity contribution in [3.63, 3.8) is 0 Å². The molecule has 0 atom stereocenters. The third-order valence-corrected chi connectivity index (χ3v) is 4.71. The second-order valence-electron chi connectivity index (χ2n) is 5.33. The quantitative estimate of drug-likeness (QED) is 0.887. The van der Waals surface area contributed by atoms with Crippen LogP contribution in [0.5, 0.6) is 0 Å². The van der Waals surface area contributed by atoms with Crippen molar-refractivity contribution < 1.29 is 18.0 Å². The van der Waals surface area contributed by atoms with Crippen LogP contribution in [0.3, 0.4) is 0 Å². The summed E-state index contributed by atoms with van der Waals surface area (Å²) in [5.74, 6) is -0.611. The van der Waals surface area contributed by atoms with E-state index in [4.69, 9.17) is 0 Å². The van der Waals surface area contributed by atoms with Crippen molar-refractivity contribution in [3.8, 4) is 0 Å². The van der Waals surface area contributed by atoms with Gasteiger partial charge in [-0.05, 0) is 24.3 Å². The largest absolute Gasteiger partial charge is 0.405 e. The molecular weight excluding hydrogens is 337 g/mol. The highest BCUT2D eigenvalue weighted by molar-refractivity contribution is 7.99. The molecule has 0 radical (unpaired) electrons. The molecule has 24 heavy (non-hydrogen) atoms. The summed E-state index contributed by atoms with van der Waals surface area (Å²) in [6.45, 7) is -0.979. The van der Waals surface area contributed by atoms with Gasteiger partial charge in [0.1, 0.15) is 6.54 Å². The van der Waals surface area contributed by atoms with Gasteiger partial charge in [-0.25, -0.2) is 0 Å². The van der Waals surface area contributed by atoms with E-state index in [2.05, 4.69) is 0 Å². The Labute approximate surface area is 141 Å². The van der Waals surface area contributed by atoms with E-state index in [1.165, 1.54) is 0 Å². The molecule has 0 aromatic heterocycles. The molecule has 126 valence electrons. The van der Waals surface area contributed by atoms with Crippen LogP contribution in [0, 0.1) is 0 Å². The third kappa shape index (κ3) is 3.84. The van der Waals surface area contributed by atoms with Gasteiger partial charge in [-0.3, -0.25) is 4.79 Å². The molecule has 2 aromatic carbocycles. The fourth-order valence-electron chi connectivity index (χ4n) is 2.52. The number of para-hydroxylation sites is 2. The number of fused-ring (bicyclic) bond motifs is 2. The molecule has 3 rings (SSSR count). The van der Waals surface area contributed by atoms with Crippen molar-refractivity contribution >= 4 is 29.0 Å². The number of halogens is 3. The van der Waals surface area contributed by atoms with Crippen LogP contribution in [0.15, 0.2) is 58.3 Å². The van der Waals surface area contributed by atoms with Crippen LogP contribution in [0.2, 0.25) is 0 Å². The Morgan fingerprint density at radius 3 is 2.08 bits per heavy atom. The first-order chi connectivity index (χ1) is 11.4. The standard InChI is InChI=1S/C17H15F3N2OS/c18-17(19,20)11-21-16(23)9-10-22-12-5-1-3-7-14(12)24-15-8-4-2-6-13(15)22/h1-8H,9-11H2,(H,21,23). The first-order valence-corrected chi connectivity index (χ1v) is 8.22. The molecule has 0 bridgehead atoms. The van der Waals surface area contributed by atoms with Crippen LogP contribution in [-0.2, 0) is 4.79 Å². The van der Waals surface area contributed by atoms with Gasteiger partial charge in [-0.15, -0.1) is 0 Å². The van der Waals surface area contributed by atoms with Gasteiger partial charge in [0.25, 0.3) is 0 Å². The highest BCUT2D eigenvalue weighted by Gasteiger charge is 2.28. The lowest BCUT2D eigenvalue weighted by Crippen LogP contribution is -2.35. The van der Waals surface area contributed by atoms with E-state index in [1.54, 1.807) is 11.8 Å². The Bertz CT molecular complexity index is 703. The normalized spacial score (nSPS) is 13.2. The van der Waals surface area contributed by atoms with Crippen LogP contribution >= 0.6 is 11.8 Å². The van der Waals surface area contributed by atoms with Gasteiger partial charge in [0.2, 0.25) is 5.91 Å². The van der Waals surface area contributed by atoms with Crippen molar-refractivity contribution in [2.75, 3.05) is 18.0 Å². The minimum atomic E-state index is -4.39. The molecule has 1 aliphatic rings. The molecule has 0 aliphatic carbocycles. The second kappa shape index (κ2) is 6.76. The minimum Gasteiger partial charge on any atom is -0.347 e. The molecule has 3 nitrogen and oxygen atoms in total. The molecule has 1 aliphatic heterocycles. The van der Waals surface area contributed by atoms with E-state index < -0.39 is 18.6 Å². The van der Waals surface area contributed by atoms with E-state index in [1.807, 2.05) is 58.7 Å². The average molecular weight is 352 g/mol. The average Bonchev–Trinajstić information content (AvgIpc) is 2.56. The predicted octanol–water partition coefficient (Wildman–Crippen LogP) is 4.36. The van der Waals surface area contributed by atoms with Crippen LogP contribution in [0.1, 0.15) is 6.42 Å². The van der Waals surface area contributed by atoms with Crippen molar-refractivity contribution in [1.29, 1.82) is 0 Å². The summed E-state index contributed by atoms with van der Waals surface area (Å²) < 4.78 is 36.5. The van der Waals surface area contributed by atoms with Gasteiger partial charge in [0.15, 0.2) is 0 Å². The number of hydrogen-bond donors (Lipinski definition) is 1. The lowest BCUT2D eigenvalue weighted by molar-refractivity contribution is -0.138. The van der Waals surface area contributed by atoms with Gasteiger partial charge >= 0.3 is 6.18 Å². The van der Waals surface area contributed by atoms with Gasteiger partial charge in [0.05, 0.1) is 11.4 Å². The minimum absolute atomic E-state index is 0.0105. The Kier molecular flexibility index (Phi) is 4.71. The summed E-state index contributed by atoms with van der Waals surface area (Å²) in [6.07, 6.45) is -4.40. The van der Waals surface area contributed by atoms with E-state index >= 15 is 0 Å². The zero-order valence-electron chi connectivity index (χ0n) is 12.6. The van der Waals surface area contributed by atoms with Crippen LogP contribution in [0.4, 0.5) is 24.5 Å². The third-order valence-electron chi connectivity index (χ3n) is 3.58. The molecule has 0 spiro atoms. The first-order valence-electron chi connectivity index (χ1n) is 7.41. The Morgan fingerprint density at radius 2 is 1.54 bits per heavy atom. The maximum Gasteiger partial charge on any atom is 0.405 e. The SMILES string of the molecule is O=C(CCN1c2ccccc2Sc2ccccc21)NCC(F)(F)F. The van der Waals surface area contributed by atoms with Crippen LogP contribution in [0.25, 0.3) is 0 Å². The summed E-state index contributed by atoms with van der Waals surface area (Å²) in [6, 6.07) is 15.6. The fraction of sp³-hybridized carbons (Fsp3) is 0.235. The number of nitrogens with one attached hydrogen (secondary N) is 1. The van der Waals surface area contributed by atoms with Gasteiger partial charge in [-0.1, -0.05) is 36.0 Å². The topological polar surface area (TPSA) is 32.3 Å². The molecule has 0 fully saturated rings. The van der Waals surface area contributed by atoms with Crippen molar-refractivity contribution in [3.05, 3.63) is 48.5 Å². The number of rotatable bonds is 4. The Balaban J connectivity index is 1.75. The molecule has 1 heterocycles. The highest BCUT2D eigenvalue weighted by atomic mass is 32.2. The highest BCUT2D eigenvalue weighted by Crippen LogP contribution is 2.47. The van der Waals surface area contributed by atoms with Crippen LogP contribution < -0.4 is 10.2 Å². The maximum atomic E-state index is 12.2. The zero-order chi connectivity index (χ0) is 17.2. The number of anilines is 2. The number of carbonyl (C=O) groups is 1. The van der Waals surface area contributed by atoms with Crippen LogP contribution in [-0.4, -0.2) is 25.2 Å². The fourth-order valence-corrected chi connectivity index (χ4v) is 3.62.